The fraction of sp³-hybridized carbons (Fsp3) is 0.455. The Bertz CT molecular complexity index is 533. The minimum atomic E-state index is -3.54. The van der Waals surface area contributed by atoms with E-state index >= 15 is 0 Å². The summed E-state index contributed by atoms with van der Waals surface area (Å²) in [5.74, 6) is 0. The molecule has 0 aliphatic carbocycles. The van der Waals surface area contributed by atoms with Gasteiger partial charge < -0.3 is 5.32 Å². The molecule has 1 aliphatic rings. The molecule has 1 aliphatic heterocycles. The van der Waals surface area contributed by atoms with E-state index in [2.05, 4.69) is 26.0 Å². The zero-order valence-corrected chi connectivity index (χ0v) is 14.0. The third-order valence-corrected chi connectivity index (χ3v) is 5.34. The van der Waals surface area contributed by atoms with E-state index in [9.17, 15) is 8.42 Å². The summed E-state index contributed by atoms with van der Waals surface area (Å²) in [4.78, 5) is 0.130. The quantitative estimate of drug-likeness (QED) is 0.835. The van der Waals surface area contributed by atoms with E-state index < -0.39 is 10.0 Å². The largest absolute Gasteiger partial charge is 0.317 e. The average Bonchev–Trinajstić information content (AvgIpc) is 2.29. The molecule has 1 aromatic rings. The van der Waals surface area contributed by atoms with Crippen molar-refractivity contribution in [3.63, 3.8) is 0 Å². The SMILES string of the molecule is Cl.O=S(=O)(NC1CCNCC1)c1ccc(Br)cc1Cl. The van der Waals surface area contributed by atoms with E-state index in [0.717, 1.165) is 30.4 Å². The van der Waals surface area contributed by atoms with Crippen LogP contribution in [0.25, 0.3) is 0 Å². The number of hydrogen-bond acceptors (Lipinski definition) is 3. The molecule has 0 saturated carbocycles. The Labute approximate surface area is 132 Å². The molecule has 0 unspecified atom stereocenters. The van der Waals surface area contributed by atoms with E-state index in [1.807, 2.05) is 0 Å². The summed E-state index contributed by atoms with van der Waals surface area (Å²) in [6, 6.07) is 4.74. The molecule has 108 valence electrons. The highest BCUT2D eigenvalue weighted by molar-refractivity contribution is 9.10. The van der Waals surface area contributed by atoms with Gasteiger partial charge in [0.05, 0.1) is 5.02 Å². The first-order valence-electron chi connectivity index (χ1n) is 5.67. The lowest BCUT2D eigenvalue weighted by molar-refractivity contribution is 0.427. The summed E-state index contributed by atoms with van der Waals surface area (Å²) in [7, 11) is -3.54. The van der Waals surface area contributed by atoms with Gasteiger partial charge in [-0.3, -0.25) is 0 Å². The molecule has 0 bridgehead atoms. The first kappa shape index (κ1) is 17.2. The molecule has 2 rings (SSSR count). The Morgan fingerprint density at radius 3 is 2.53 bits per heavy atom. The van der Waals surface area contributed by atoms with Gasteiger partial charge in [-0.25, -0.2) is 13.1 Å². The number of nitrogens with one attached hydrogen (secondary N) is 2. The number of benzene rings is 1. The van der Waals surface area contributed by atoms with Crippen molar-refractivity contribution in [2.75, 3.05) is 13.1 Å². The Kier molecular flexibility index (Phi) is 6.56. The number of hydrogen-bond donors (Lipinski definition) is 2. The molecule has 0 aromatic heterocycles. The molecule has 1 heterocycles. The van der Waals surface area contributed by atoms with Crippen LogP contribution in [0.4, 0.5) is 0 Å². The summed E-state index contributed by atoms with van der Waals surface area (Å²) < 4.78 is 27.9. The molecule has 1 fully saturated rings. The van der Waals surface area contributed by atoms with Crippen LogP contribution in [0.1, 0.15) is 12.8 Å². The average molecular weight is 390 g/mol. The highest BCUT2D eigenvalue weighted by atomic mass is 79.9. The van der Waals surface area contributed by atoms with Gasteiger partial charge >= 0.3 is 0 Å². The van der Waals surface area contributed by atoms with Crippen molar-refractivity contribution in [1.82, 2.24) is 10.0 Å². The van der Waals surface area contributed by atoms with Crippen LogP contribution in [0.3, 0.4) is 0 Å². The molecule has 0 radical (unpaired) electrons. The van der Waals surface area contributed by atoms with Crippen molar-refractivity contribution in [1.29, 1.82) is 0 Å². The lowest BCUT2D eigenvalue weighted by atomic mass is 10.1. The van der Waals surface area contributed by atoms with Crippen LogP contribution < -0.4 is 10.0 Å². The highest BCUT2D eigenvalue weighted by Gasteiger charge is 2.23. The zero-order valence-electron chi connectivity index (χ0n) is 10.0. The molecule has 4 nitrogen and oxygen atoms in total. The normalized spacial score (nSPS) is 16.9. The molecule has 1 aromatic carbocycles. The van der Waals surface area contributed by atoms with Crippen LogP contribution in [0.2, 0.25) is 5.02 Å². The second kappa shape index (κ2) is 7.24. The summed E-state index contributed by atoms with van der Waals surface area (Å²) >= 11 is 9.22. The van der Waals surface area contributed by atoms with E-state index in [1.165, 1.54) is 6.07 Å². The van der Waals surface area contributed by atoms with Gasteiger partial charge in [-0.05, 0) is 44.1 Å². The van der Waals surface area contributed by atoms with Gasteiger partial charge in [0.15, 0.2) is 0 Å². The summed E-state index contributed by atoms with van der Waals surface area (Å²) in [5, 5.41) is 3.42. The summed E-state index contributed by atoms with van der Waals surface area (Å²) in [6.07, 6.45) is 1.60. The zero-order chi connectivity index (χ0) is 13.2. The number of rotatable bonds is 3. The molecule has 19 heavy (non-hydrogen) atoms. The van der Waals surface area contributed by atoms with Crippen LogP contribution in [0, 0.1) is 0 Å². The second-order valence-corrected chi connectivity index (χ2v) is 7.23. The van der Waals surface area contributed by atoms with Gasteiger partial charge in [-0.1, -0.05) is 27.5 Å². The summed E-state index contributed by atoms with van der Waals surface area (Å²) in [6.45, 7) is 1.67. The van der Waals surface area contributed by atoms with Gasteiger partial charge in [0.2, 0.25) is 10.0 Å². The maximum Gasteiger partial charge on any atom is 0.242 e. The van der Waals surface area contributed by atoms with E-state index in [-0.39, 0.29) is 28.4 Å². The Balaban J connectivity index is 0.00000180. The second-order valence-electron chi connectivity index (χ2n) is 4.22. The fourth-order valence-corrected chi connectivity index (χ4v) is 4.26. The van der Waals surface area contributed by atoms with Gasteiger partial charge in [0.1, 0.15) is 4.90 Å². The van der Waals surface area contributed by atoms with Crippen molar-refractivity contribution < 1.29 is 8.42 Å². The minimum absolute atomic E-state index is 0. The van der Waals surface area contributed by atoms with E-state index in [4.69, 9.17) is 11.6 Å². The molecule has 0 amide bonds. The maximum absolute atomic E-state index is 12.2. The monoisotopic (exact) mass is 388 g/mol. The highest BCUT2D eigenvalue weighted by Crippen LogP contribution is 2.25. The van der Waals surface area contributed by atoms with Crippen LogP contribution in [0.15, 0.2) is 27.6 Å². The smallest absolute Gasteiger partial charge is 0.242 e. The molecule has 0 atom stereocenters. The number of sulfonamides is 1. The molecule has 0 spiro atoms. The fourth-order valence-electron chi connectivity index (χ4n) is 1.92. The van der Waals surface area contributed by atoms with Gasteiger partial charge in [0, 0.05) is 10.5 Å². The molecular weight excluding hydrogens is 375 g/mol. The van der Waals surface area contributed by atoms with Crippen LogP contribution in [0.5, 0.6) is 0 Å². The van der Waals surface area contributed by atoms with Crippen LogP contribution >= 0.6 is 39.9 Å². The molecule has 1 saturated heterocycles. The molecular formula is C11H15BrCl2N2O2S. The van der Waals surface area contributed by atoms with Crippen molar-refractivity contribution in [3.8, 4) is 0 Å². The lowest BCUT2D eigenvalue weighted by Crippen LogP contribution is -2.42. The predicted octanol–water partition coefficient (Wildman–Crippen LogP) is 2.55. The first-order valence-corrected chi connectivity index (χ1v) is 8.32. The summed E-state index contributed by atoms with van der Waals surface area (Å²) in [5.41, 5.74) is 0. The molecule has 8 heteroatoms. The standard InChI is InChI=1S/C11H14BrClN2O2S.ClH/c12-8-1-2-11(10(13)7-8)18(16,17)15-9-3-5-14-6-4-9;/h1-2,7,9,14-15H,3-6H2;1H. The number of piperidine rings is 1. The van der Waals surface area contributed by atoms with Crippen molar-refractivity contribution >= 4 is 50.0 Å². The van der Waals surface area contributed by atoms with Crippen molar-refractivity contribution in [2.24, 2.45) is 0 Å². The lowest BCUT2D eigenvalue weighted by Gasteiger charge is -2.23. The van der Waals surface area contributed by atoms with E-state index in [1.54, 1.807) is 12.1 Å². The van der Waals surface area contributed by atoms with Crippen LogP contribution in [-0.2, 0) is 10.0 Å². The van der Waals surface area contributed by atoms with Gasteiger partial charge in [-0.15, -0.1) is 12.4 Å². The first-order chi connectivity index (χ1) is 8.49. The number of halogens is 3. The van der Waals surface area contributed by atoms with Crippen molar-refractivity contribution in [3.05, 3.63) is 27.7 Å². The third kappa shape index (κ3) is 4.58. The topological polar surface area (TPSA) is 58.2 Å². The van der Waals surface area contributed by atoms with E-state index in [0.29, 0.717) is 0 Å². The third-order valence-electron chi connectivity index (χ3n) is 2.84. The van der Waals surface area contributed by atoms with Crippen molar-refractivity contribution in [2.45, 2.75) is 23.8 Å². The maximum atomic E-state index is 12.2. The Morgan fingerprint density at radius 2 is 1.95 bits per heavy atom. The van der Waals surface area contributed by atoms with Crippen LogP contribution in [-0.4, -0.2) is 27.5 Å². The Hall–Kier alpha value is 0.150. The Morgan fingerprint density at radius 1 is 1.32 bits per heavy atom. The predicted molar refractivity (Wildman–Crippen MR) is 82.6 cm³/mol. The van der Waals surface area contributed by atoms with Gasteiger partial charge in [-0.2, -0.15) is 0 Å². The molecule has 2 N–H and O–H groups in total. The minimum Gasteiger partial charge on any atom is -0.317 e. The van der Waals surface area contributed by atoms with Gasteiger partial charge in [0.25, 0.3) is 0 Å².